The van der Waals surface area contributed by atoms with Gasteiger partial charge in [-0.15, -0.1) is 0 Å². The molecule has 0 bridgehead atoms. The predicted molar refractivity (Wildman–Crippen MR) is 60.8 cm³/mol. The molecule has 0 aliphatic carbocycles. The van der Waals surface area contributed by atoms with Gasteiger partial charge in [-0.2, -0.15) is 0 Å². The van der Waals surface area contributed by atoms with Crippen LogP contribution in [0.25, 0.3) is 0 Å². The average Bonchev–Trinajstić information content (AvgIpc) is 2.18. The van der Waals surface area contributed by atoms with E-state index in [1.807, 2.05) is 30.4 Å². The van der Waals surface area contributed by atoms with E-state index in [1.165, 1.54) is 0 Å². The van der Waals surface area contributed by atoms with Crippen LogP contribution in [0.2, 0.25) is 0 Å². The van der Waals surface area contributed by atoms with Crippen LogP contribution in [0.4, 0.5) is 0 Å². The molecule has 1 aromatic rings. The molecule has 0 amide bonds. The standard InChI is InChI=1S/C10H8Br2O2/c11-8-4-7(5-9(12)6-8)10-2-1-3-13-14-10/h1-2,4-6,10H,3H2/t10-/m0/s1. The van der Waals surface area contributed by atoms with E-state index in [4.69, 9.17) is 9.78 Å². The van der Waals surface area contributed by atoms with Gasteiger partial charge in [-0.3, -0.25) is 0 Å². The van der Waals surface area contributed by atoms with Gasteiger partial charge in [-0.25, -0.2) is 9.78 Å². The lowest BCUT2D eigenvalue weighted by molar-refractivity contribution is -0.315. The van der Waals surface area contributed by atoms with Gasteiger partial charge in [-0.1, -0.05) is 37.9 Å². The van der Waals surface area contributed by atoms with Crippen molar-refractivity contribution in [3.8, 4) is 0 Å². The zero-order chi connectivity index (χ0) is 9.97. The van der Waals surface area contributed by atoms with Crippen molar-refractivity contribution in [1.29, 1.82) is 0 Å². The molecule has 1 atom stereocenters. The Balaban J connectivity index is 2.30. The molecule has 1 aliphatic rings. The Hall–Kier alpha value is -0.160. The second-order valence-corrected chi connectivity index (χ2v) is 4.76. The summed E-state index contributed by atoms with van der Waals surface area (Å²) in [5.74, 6) is 0. The van der Waals surface area contributed by atoms with Gasteiger partial charge in [0, 0.05) is 8.95 Å². The van der Waals surface area contributed by atoms with Gasteiger partial charge in [0.05, 0.1) is 0 Å². The predicted octanol–water partition coefficient (Wildman–Crippen LogP) is 3.77. The Morgan fingerprint density at radius 3 is 2.43 bits per heavy atom. The van der Waals surface area contributed by atoms with Crippen molar-refractivity contribution >= 4 is 31.9 Å². The molecule has 1 heterocycles. The van der Waals surface area contributed by atoms with Crippen LogP contribution in [-0.4, -0.2) is 6.61 Å². The summed E-state index contributed by atoms with van der Waals surface area (Å²) < 4.78 is 2.04. The number of halogens is 2. The lowest BCUT2D eigenvalue weighted by Crippen LogP contribution is -2.07. The van der Waals surface area contributed by atoms with Gasteiger partial charge in [0.15, 0.2) is 0 Å². The lowest BCUT2D eigenvalue weighted by atomic mass is 10.1. The van der Waals surface area contributed by atoms with Crippen LogP contribution in [0.5, 0.6) is 0 Å². The molecular weight excluding hydrogens is 312 g/mol. The number of hydrogen-bond donors (Lipinski definition) is 0. The Morgan fingerprint density at radius 1 is 1.14 bits per heavy atom. The minimum Gasteiger partial charge on any atom is -0.232 e. The highest BCUT2D eigenvalue weighted by Crippen LogP contribution is 2.28. The summed E-state index contributed by atoms with van der Waals surface area (Å²) >= 11 is 6.86. The fourth-order valence-corrected chi connectivity index (χ4v) is 2.60. The second-order valence-electron chi connectivity index (χ2n) is 2.93. The van der Waals surface area contributed by atoms with Crippen LogP contribution in [0, 0.1) is 0 Å². The summed E-state index contributed by atoms with van der Waals surface area (Å²) in [7, 11) is 0. The van der Waals surface area contributed by atoms with Crippen molar-refractivity contribution in [2.24, 2.45) is 0 Å². The van der Waals surface area contributed by atoms with E-state index in [9.17, 15) is 0 Å². The first kappa shape index (κ1) is 10.4. The molecule has 74 valence electrons. The molecule has 0 saturated heterocycles. The fraction of sp³-hybridized carbons (Fsp3) is 0.200. The largest absolute Gasteiger partial charge is 0.232 e. The first-order valence-corrected chi connectivity index (χ1v) is 5.75. The third kappa shape index (κ3) is 2.45. The van der Waals surface area contributed by atoms with Gasteiger partial charge in [0.25, 0.3) is 0 Å². The Labute approximate surface area is 99.1 Å². The second kappa shape index (κ2) is 4.57. The van der Waals surface area contributed by atoms with Crippen molar-refractivity contribution in [3.05, 3.63) is 44.9 Å². The molecule has 1 aliphatic heterocycles. The average molecular weight is 320 g/mol. The zero-order valence-electron chi connectivity index (χ0n) is 7.24. The summed E-state index contributed by atoms with van der Waals surface area (Å²) in [5.41, 5.74) is 1.06. The fourth-order valence-electron chi connectivity index (χ4n) is 1.27. The Morgan fingerprint density at radius 2 is 1.86 bits per heavy atom. The third-order valence-corrected chi connectivity index (χ3v) is 2.78. The highest BCUT2D eigenvalue weighted by atomic mass is 79.9. The molecule has 4 heteroatoms. The maximum absolute atomic E-state index is 5.15. The molecule has 0 radical (unpaired) electrons. The van der Waals surface area contributed by atoms with Crippen LogP contribution >= 0.6 is 31.9 Å². The lowest BCUT2D eigenvalue weighted by Gasteiger charge is -2.17. The minimum absolute atomic E-state index is 0.113. The van der Waals surface area contributed by atoms with Crippen molar-refractivity contribution in [1.82, 2.24) is 0 Å². The summed E-state index contributed by atoms with van der Waals surface area (Å²) in [5, 5.41) is 0. The topological polar surface area (TPSA) is 18.5 Å². The highest BCUT2D eigenvalue weighted by molar-refractivity contribution is 9.11. The molecule has 0 aromatic heterocycles. The third-order valence-electron chi connectivity index (χ3n) is 1.86. The molecule has 0 spiro atoms. The normalized spacial score (nSPS) is 21.1. The van der Waals surface area contributed by atoms with Gasteiger partial charge >= 0.3 is 0 Å². The summed E-state index contributed by atoms with van der Waals surface area (Å²) in [6.07, 6.45) is 3.82. The first-order valence-electron chi connectivity index (χ1n) is 4.16. The molecule has 0 N–H and O–H groups in total. The summed E-state index contributed by atoms with van der Waals surface area (Å²) in [6.45, 7) is 0.520. The smallest absolute Gasteiger partial charge is 0.136 e. The Kier molecular flexibility index (Phi) is 3.38. The van der Waals surface area contributed by atoms with Gasteiger partial charge < -0.3 is 0 Å². The van der Waals surface area contributed by atoms with E-state index < -0.39 is 0 Å². The maximum Gasteiger partial charge on any atom is 0.136 e. The minimum atomic E-state index is -0.113. The van der Waals surface area contributed by atoms with Crippen LogP contribution in [0.3, 0.4) is 0 Å². The van der Waals surface area contributed by atoms with Crippen molar-refractivity contribution in [3.63, 3.8) is 0 Å². The van der Waals surface area contributed by atoms with E-state index >= 15 is 0 Å². The van der Waals surface area contributed by atoms with E-state index in [0.717, 1.165) is 14.5 Å². The molecule has 2 rings (SSSR count). The van der Waals surface area contributed by atoms with Crippen LogP contribution in [-0.2, 0) is 9.78 Å². The molecule has 2 nitrogen and oxygen atoms in total. The van der Waals surface area contributed by atoms with Crippen molar-refractivity contribution < 1.29 is 9.78 Å². The first-order chi connectivity index (χ1) is 6.75. The van der Waals surface area contributed by atoms with Gasteiger partial charge in [0.2, 0.25) is 0 Å². The van der Waals surface area contributed by atoms with Crippen molar-refractivity contribution in [2.75, 3.05) is 6.61 Å². The number of hydrogen-bond acceptors (Lipinski definition) is 2. The highest BCUT2D eigenvalue weighted by Gasteiger charge is 2.13. The van der Waals surface area contributed by atoms with E-state index in [-0.39, 0.29) is 6.10 Å². The number of rotatable bonds is 1. The monoisotopic (exact) mass is 318 g/mol. The molecule has 0 saturated carbocycles. The molecule has 1 aromatic carbocycles. The van der Waals surface area contributed by atoms with Crippen LogP contribution in [0.1, 0.15) is 11.7 Å². The zero-order valence-corrected chi connectivity index (χ0v) is 10.4. The van der Waals surface area contributed by atoms with Gasteiger partial charge in [-0.05, 0) is 29.8 Å². The van der Waals surface area contributed by atoms with E-state index in [1.54, 1.807) is 0 Å². The SMILES string of the molecule is Brc1cc(Br)cc([C@@H]2C=CCOO2)c1. The van der Waals surface area contributed by atoms with E-state index in [2.05, 4.69) is 31.9 Å². The van der Waals surface area contributed by atoms with Gasteiger partial charge in [0.1, 0.15) is 12.7 Å². The Bertz CT molecular complexity index is 343. The molecule has 0 fully saturated rings. The maximum atomic E-state index is 5.15. The number of benzene rings is 1. The molecular formula is C10H8Br2O2. The quantitative estimate of drug-likeness (QED) is 0.579. The molecule has 14 heavy (non-hydrogen) atoms. The summed E-state index contributed by atoms with van der Waals surface area (Å²) in [6, 6.07) is 6.00. The molecule has 0 unspecified atom stereocenters. The van der Waals surface area contributed by atoms with E-state index in [0.29, 0.717) is 6.61 Å². The van der Waals surface area contributed by atoms with Crippen molar-refractivity contribution in [2.45, 2.75) is 6.10 Å². The summed E-state index contributed by atoms with van der Waals surface area (Å²) in [4.78, 5) is 10.0. The van der Waals surface area contributed by atoms with Crippen LogP contribution in [0.15, 0.2) is 39.3 Å². The van der Waals surface area contributed by atoms with Crippen LogP contribution < -0.4 is 0 Å².